The van der Waals surface area contributed by atoms with Crippen molar-refractivity contribution in [1.29, 1.82) is 0 Å². The van der Waals surface area contributed by atoms with Crippen LogP contribution in [0.4, 0.5) is 29.2 Å². The van der Waals surface area contributed by atoms with Gasteiger partial charge in [-0.05, 0) is 35.9 Å². The van der Waals surface area contributed by atoms with Gasteiger partial charge in [0.05, 0.1) is 5.56 Å². The molecule has 0 unspecified atom stereocenters. The first kappa shape index (κ1) is 17.8. The Bertz CT molecular complexity index is 953. The molecule has 0 aliphatic carbocycles. The van der Waals surface area contributed by atoms with Crippen LogP contribution in [-0.2, 0) is 18.5 Å². The summed E-state index contributed by atoms with van der Waals surface area (Å²) in [7, 11) is 0. The van der Waals surface area contributed by atoms with Crippen molar-refractivity contribution in [2.75, 3.05) is 11.4 Å². The van der Waals surface area contributed by atoms with Crippen LogP contribution in [0.1, 0.15) is 11.1 Å². The number of hydrogen-bond donors (Lipinski definition) is 0. The lowest BCUT2D eigenvalue weighted by Gasteiger charge is -2.14. The molecule has 0 spiro atoms. The van der Waals surface area contributed by atoms with Crippen LogP contribution in [0.2, 0.25) is 0 Å². The highest BCUT2D eigenvalue weighted by molar-refractivity contribution is 7.98. The van der Waals surface area contributed by atoms with Crippen molar-refractivity contribution >= 4 is 23.4 Å². The zero-order valence-electron chi connectivity index (χ0n) is 13.9. The van der Waals surface area contributed by atoms with E-state index in [2.05, 4.69) is 10.2 Å². The first-order valence-corrected chi connectivity index (χ1v) is 9.15. The van der Waals surface area contributed by atoms with E-state index in [0.717, 1.165) is 17.8 Å². The van der Waals surface area contributed by atoms with Crippen LogP contribution < -0.4 is 4.90 Å². The molecule has 4 rings (SSSR count). The third-order valence-corrected chi connectivity index (χ3v) is 5.28. The molecule has 27 heavy (non-hydrogen) atoms. The van der Waals surface area contributed by atoms with E-state index >= 15 is 0 Å². The van der Waals surface area contributed by atoms with E-state index in [1.54, 1.807) is 18.2 Å². The average Bonchev–Trinajstić information content (AvgIpc) is 3.23. The third-order valence-electron chi connectivity index (χ3n) is 4.25. The molecule has 0 saturated heterocycles. The fraction of sp³-hybridized carbons (Fsp3) is 0.222. The number of anilines is 2. The third kappa shape index (κ3) is 3.64. The quantitative estimate of drug-likeness (QED) is 0.467. The number of fused-ring (bicyclic) bond motifs is 1. The molecule has 0 atom stereocenters. The largest absolute Gasteiger partial charge is 0.416 e. The Morgan fingerprint density at radius 1 is 1.00 bits per heavy atom. The topological polar surface area (TPSA) is 34.0 Å². The molecular weight excluding hydrogens is 380 g/mol. The molecule has 9 heteroatoms. The van der Waals surface area contributed by atoms with Gasteiger partial charge in [0.25, 0.3) is 0 Å². The van der Waals surface area contributed by atoms with Crippen molar-refractivity contribution in [1.82, 2.24) is 14.8 Å². The van der Waals surface area contributed by atoms with Crippen molar-refractivity contribution in [3.8, 4) is 0 Å². The Labute approximate surface area is 156 Å². The lowest BCUT2D eigenvalue weighted by Crippen LogP contribution is -2.14. The van der Waals surface area contributed by atoms with Crippen LogP contribution in [0, 0.1) is 5.82 Å². The van der Waals surface area contributed by atoms with Crippen LogP contribution in [0.15, 0.2) is 53.7 Å². The van der Waals surface area contributed by atoms with Gasteiger partial charge in [0.15, 0.2) is 5.16 Å². The van der Waals surface area contributed by atoms with E-state index in [0.29, 0.717) is 35.5 Å². The Morgan fingerprint density at radius 3 is 2.52 bits per heavy atom. The molecule has 2 heterocycles. The Hall–Kier alpha value is -2.55. The van der Waals surface area contributed by atoms with Gasteiger partial charge in [0.1, 0.15) is 5.82 Å². The van der Waals surface area contributed by atoms with Gasteiger partial charge in [0.2, 0.25) is 5.95 Å². The lowest BCUT2D eigenvalue weighted by atomic mass is 10.1. The van der Waals surface area contributed by atoms with E-state index in [1.165, 1.54) is 30.0 Å². The fourth-order valence-corrected chi connectivity index (χ4v) is 3.84. The molecule has 140 valence electrons. The first-order valence-electron chi connectivity index (χ1n) is 8.17. The van der Waals surface area contributed by atoms with Crippen LogP contribution in [0.5, 0.6) is 0 Å². The minimum Gasteiger partial charge on any atom is -0.309 e. The van der Waals surface area contributed by atoms with Crippen molar-refractivity contribution < 1.29 is 17.6 Å². The number of rotatable bonds is 4. The Morgan fingerprint density at radius 2 is 1.78 bits per heavy atom. The van der Waals surface area contributed by atoms with Gasteiger partial charge in [-0.15, -0.1) is 10.2 Å². The first-order chi connectivity index (χ1) is 12.9. The molecular formula is C18H14F4N4S. The van der Waals surface area contributed by atoms with Gasteiger partial charge >= 0.3 is 6.18 Å². The zero-order chi connectivity index (χ0) is 19.0. The summed E-state index contributed by atoms with van der Waals surface area (Å²) in [6, 6.07) is 11.4. The summed E-state index contributed by atoms with van der Waals surface area (Å²) in [4.78, 5) is 1.93. The zero-order valence-corrected chi connectivity index (χ0v) is 14.8. The lowest BCUT2D eigenvalue weighted by molar-refractivity contribution is -0.137. The van der Waals surface area contributed by atoms with Gasteiger partial charge in [-0.25, -0.2) is 4.39 Å². The molecule has 0 radical (unpaired) electrons. The highest BCUT2D eigenvalue weighted by Gasteiger charge is 2.30. The van der Waals surface area contributed by atoms with Crippen LogP contribution in [-0.4, -0.2) is 21.3 Å². The summed E-state index contributed by atoms with van der Waals surface area (Å²) in [6.07, 6.45) is -4.35. The second-order valence-electron chi connectivity index (χ2n) is 6.05. The summed E-state index contributed by atoms with van der Waals surface area (Å²) in [5, 5.41) is 8.99. The minimum atomic E-state index is -4.35. The molecule has 0 amide bonds. The average molecular weight is 394 g/mol. The van der Waals surface area contributed by atoms with E-state index in [4.69, 9.17) is 0 Å². The second-order valence-corrected chi connectivity index (χ2v) is 6.99. The molecule has 0 bridgehead atoms. The summed E-state index contributed by atoms with van der Waals surface area (Å²) in [6.45, 7) is 1.33. The standard InChI is InChI=1S/C18H14F4N4S/c19-14-4-6-15(7-5-14)25-8-9-26-16(25)23-24-17(26)27-11-12-2-1-3-13(10-12)18(20,21)22/h1-7,10H,8-9,11H2. The molecule has 0 N–H and O–H groups in total. The Kier molecular flexibility index (Phi) is 4.55. The molecule has 1 aliphatic rings. The number of alkyl halides is 3. The second kappa shape index (κ2) is 6.88. The van der Waals surface area contributed by atoms with Crippen molar-refractivity contribution in [3.63, 3.8) is 0 Å². The number of thioether (sulfide) groups is 1. The highest BCUT2D eigenvalue weighted by atomic mass is 32.2. The minimum absolute atomic E-state index is 0.309. The maximum Gasteiger partial charge on any atom is 0.416 e. The van der Waals surface area contributed by atoms with Gasteiger partial charge in [0, 0.05) is 24.5 Å². The van der Waals surface area contributed by atoms with Gasteiger partial charge in [-0.3, -0.25) is 4.57 Å². The molecule has 1 aromatic heterocycles. The maximum atomic E-state index is 13.1. The van der Waals surface area contributed by atoms with Crippen LogP contribution in [0.3, 0.4) is 0 Å². The number of benzene rings is 2. The summed E-state index contributed by atoms with van der Waals surface area (Å²) in [5.41, 5.74) is 0.729. The number of halogens is 4. The van der Waals surface area contributed by atoms with Crippen molar-refractivity contribution in [2.24, 2.45) is 0 Å². The highest BCUT2D eigenvalue weighted by Crippen LogP contribution is 2.34. The van der Waals surface area contributed by atoms with E-state index in [9.17, 15) is 17.6 Å². The number of aromatic nitrogens is 3. The maximum absolute atomic E-state index is 13.1. The predicted octanol–water partition coefficient (Wildman–Crippen LogP) is 4.88. The van der Waals surface area contributed by atoms with Crippen LogP contribution in [0.25, 0.3) is 0 Å². The van der Waals surface area contributed by atoms with Crippen molar-refractivity contribution in [2.45, 2.75) is 23.6 Å². The Balaban J connectivity index is 1.50. The van der Waals surface area contributed by atoms with E-state index < -0.39 is 11.7 Å². The van der Waals surface area contributed by atoms with Crippen LogP contribution >= 0.6 is 11.8 Å². The van der Waals surface area contributed by atoms with Gasteiger partial charge in [-0.2, -0.15) is 13.2 Å². The summed E-state index contributed by atoms with van der Waals surface area (Å²) in [5.74, 6) is 0.698. The van der Waals surface area contributed by atoms with E-state index in [1.807, 2.05) is 9.47 Å². The molecule has 3 aromatic rings. The predicted molar refractivity (Wildman–Crippen MR) is 94.4 cm³/mol. The fourth-order valence-electron chi connectivity index (χ4n) is 2.93. The molecule has 0 saturated carbocycles. The monoisotopic (exact) mass is 394 g/mol. The number of hydrogen-bond acceptors (Lipinski definition) is 4. The van der Waals surface area contributed by atoms with Gasteiger partial charge < -0.3 is 4.90 Å². The molecule has 2 aromatic carbocycles. The summed E-state index contributed by atoms with van der Waals surface area (Å²) < 4.78 is 53.5. The molecule has 4 nitrogen and oxygen atoms in total. The SMILES string of the molecule is Fc1ccc(N2CCn3c(SCc4cccc(C(F)(F)F)c4)nnc32)cc1. The smallest absolute Gasteiger partial charge is 0.309 e. The normalized spacial score (nSPS) is 13.9. The number of nitrogens with zero attached hydrogens (tertiary/aromatic N) is 4. The molecule has 1 aliphatic heterocycles. The van der Waals surface area contributed by atoms with E-state index in [-0.39, 0.29) is 5.82 Å². The summed E-state index contributed by atoms with van der Waals surface area (Å²) >= 11 is 1.34. The molecule has 0 fully saturated rings. The van der Waals surface area contributed by atoms with Gasteiger partial charge in [-0.1, -0.05) is 30.0 Å². The van der Waals surface area contributed by atoms with Crippen molar-refractivity contribution in [3.05, 3.63) is 65.5 Å².